The van der Waals surface area contributed by atoms with Crippen molar-refractivity contribution in [3.05, 3.63) is 29.7 Å². The fourth-order valence-electron chi connectivity index (χ4n) is 3.60. The zero-order valence-electron chi connectivity index (χ0n) is 15.9. The van der Waals surface area contributed by atoms with E-state index >= 15 is 0 Å². The maximum absolute atomic E-state index is 12.6. The lowest BCUT2D eigenvalue weighted by molar-refractivity contribution is -0.130. The summed E-state index contributed by atoms with van der Waals surface area (Å²) < 4.78 is 6.82. The van der Waals surface area contributed by atoms with Crippen LogP contribution in [0.2, 0.25) is 0 Å². The molecule has 8 nitrogen and oxygen atoms in total. The normalized spacial score (nSPS) is 18.3. The van der Waals surface area contributed by atoms with Crippen LogP contribution >= 0.6 is 0 Å². The second kappa shape index (κ2) is 8.44. The first-order valence-corrected chi connectivity index (χ1v) is 9.34. The lowest BCUT2D eigenvalue weighted by Crippen LogP contribution is -2.37. The molecule has 1 aliphatic rings. The van der Waals surface area contributed by atoms with E-state index in [9.17, 15) is 4.79 Å². The van der Waals surface area contributed by atoms with Gasteiger partial charge in [-0.15, -0.1) is 0 Å². The van der Waals surface area contributed by atoms with Gasteiger partial charge in [0, 0.05) is 39.3 Å². The van der Waals surface area contributed by atoms with Crippen molar-refractivity contribution >= 4 is 5.91 Å². The van der Waals surface area contributed by atoms with E-state index in [4.69, 9.17) is 4.52 Å². The molecule has 2 aromatic heterocycles. The van der Waals surface area contributed by atoms with Crippen molar-refractivity contribution in [1.82, 2.24) is 29.7 Å². The molecular weight excluding hydrogens is 332 g/mol. The number of amides is 1. The van der Waals surface area contributed by atoms with Crippen LogP contribution in [0.25, 0.3) is 0 Å². The third kappa shape index (κ3) is 4.69. The lowest BCUT2D eigenvalue weighted by Gasteiger charge is -2.28. The molecule has 0 radical (unpaired) electrons. The second-order valence-corrected chi connectivity index (χ2v) is 6.92. The van der Waals surface area contributed by atoms with Gasteiger partial charge in [0.25, 0.3) is 0 Å². The summed E-state index contributed by atoms with van der Waals surface area (Å²) in [6.07, 6.45) is 5.32. The van der Waals surface area contributed by atoms with Crippen molar-refractivity contribution < 1.29 is 9.32 Å². The molecule has 0 unspecified atom stereocenters. The number of likely N-dealkylation sites (tertiary alicyclic amines) is 1. The van der Waals surface area contributed by atoms with Gasteiger partial charge in [0.05, 0.1) is 18.7 Å². The maximum Gasteiger partial charge on any atom is 0.228 e. The number of nitrogens with zero attached hydrogens (tertiary/aromatic N) is 6. The molecule has 8 heteroatoms. The van der Waals surface area contributed by atoms with Gasteiger partial charge in [-0.3, -0.25) is 14.4 Å². The Morgan fingerprint density at radius 3 is 2.88 bits per heavy atom. The van der Waals surface area contributed by atoms with Crippen LogP contribution in [-0.2, 0) is 24.8 Å². The SMILES string of the molecule is CCN(Cc1noc(C)n1)[C@H]1CCCN(C(=O)Cc2ccn(C)n2)CC1. The number of carbonyl (C=O) groups excluding carboxylic acids is 1. The Morgan fingerprint density at radius 1 is 1.38 bits per heavy atom. The molecule has 1 saturated heterocycles. The van der Waals surface area contributed by atoms with Gasteiger partial charge >= 0.3 is 0 Å². The van der Waals surface area contributed by atoms with Crippen LogP contribution < -0.4 is 0 Å². The molecule has 1 fully saturated rings. The van der Waals surface area contributed by atoms with E-state index in [1.807, 2.05) is 31.1 Å². The fraction of sp³-hybridized carbons (Fsp3) is 0.667. The average Bonchev–Trinajstić information content (AvgIpc) is 3.12. The number of hydrogen-bond donors (Lipinski definition) is 0. The molecule has 0 bridgehead atoms. The molecule has 0 spiro atoms. The standard InChI is InChI=1S/C18H28N6O2/c1-4-23(13-17-19-14(2)26-21-17)16-6-5-9-24(11-8-16)18(25)12-15-7-10-22(3)20-15/h7,10,16H,4-6,8-9,11-13H2,1-3H3/t16-/m0/s1. The summed E-state index contributed by atoms with van der Waals surface area (Å²) in [6, 6.07) is 2.34. The van der Waals surface area contributed by atoms with Crippen LogP contribution in [0.1, 0.15) is 43.6 Å². The highest BCUT2D eigenvalue weighted by molar-refractivity contribution is 5.78. The fourth-order valence-corrected chi connectivity index (χ4v) is 3.60. The Labute approximate surface area is 154 Å². The van der Waals surface area contributed by atoms with Crippen LogP contribution in [0.5, 0.6) is 0 Å². The third-order valence-corrected chi connectivity index (χ3v) is 4.99. The van der Waals surface area contributed by atoms with Gasteiger partial charge in [-0.25, -0.2) is 0 Å². The summed E-state index contributed by atoms with van der Waals surface area (Å²) in [5, 5.41) is 8.32. The Bertz CT molecular complexity index is 725. The van der Waals surface area contributed by atoms with Gasteiger partial charge in [0.15, 0.2) is 5.82 Å². The van der Waals surface area contributed by atoms with E-state index in [1.165, 1.54) is 0 Å². The first kappa shape index (κ1) is 18.6. The molecule has 0 aromatic carbocycles. The van der Waals surface area contributed by atoms with E-state index in [-0.39, 0.29) is 5.91 Å². The number of carbonyl (C=O) groups is 1. The highest BCUT2D eigenvalue weighted by Crippen LogP contribution is 2.19. The minimum atomic E-state index is 0.168. The molecule has 3 rings (SSSR count). The minimum Gasteiger partial charge on any atom is -0.342 e. The quantitative estimate of drug-likeness (QED) is 0.778. The Hall–Kier alpha value is -2.22. The molecule has 142 valence electrons. The van der Waals surface area contributed by atoms with Crippen LogP contribution in [0.3, 0.4) is 0 Å². The van der Waals surface area contributed by atoms with Crippen molar-refractivity contribution in [3.63, 3.8) is 0 Å². The molecule has 26 heavy (non-hydrogen) atoms. The summed E-state index contributed by atoms with van der Waals surface area (Å²) in [6.45, 7) is 7.20. The Morgan fingerprint density at radius 2 is 2.23 bits per heavy atom. The molecular formula is C18H28N6O2. The van der Waals surface area contributed by atoms with Crippen LogP contribution in [0, 0.1) is 6.92 Å². The number of rotatable bonds is 6. The van der Waals surface area contributed by atoms with Crippen LogP contribution in [-0.4, -0.2) is 61.3 Å². The third-order valence-electron chi connectivity index (χ3n) is 4.99. The summed E-state index contributed by atoms with van der Waals surface area (Å²) >= 11 is 0. The van der Waals surface area contributed by atoms with E-state index < -0.39 is 0 Å². The molecule has 0 aliphatic carbocycles. The highest BCUT2D eigenvalue weighted by atomic mass is 16.5. The number of aryl methyl sites for hydroxylation is 2. The molecule has 3 heterocycles. The summed E-state index contributed by atoms with van der Waals surface area (Å²) in [7, 11) is 1.87. The molecule has 0 N–H and O–H groups in total. The lowest BCUT2D eigenvalue weighted by atomic mass is 10.1. The van der Waals surface area contributed by atoms with Crippen LogP contribution in [0.4, 0.5) is 0 Å². The first-order valence-electron chi connectivity index (χ1n) is 9.34. The molecule has 1 atom stereocenters. The average molecular weight is 360 g/mol. The topological polar surface area (TPSA) is 80.3 Å². The van der Waals surface area contributed by atoms with E-state index in [1.54, 1.807) is 4.68 Å². The number of aromatic nitrogens is 4. The summed E-state index contributed by atoms with van der Waals surface area (Å²) in [5.41, 5.74) is 0.834. The molecule has 1 aliphatic heterocycles. The van der Waals surface area contributed by atoms with Gasteiger partial charge in [0.2, 0.25) is 11.8 Å². The second-order valence-electron chi connectivity index (χ2n) is 6.92. The minimum absolute atomic E-state index is 0.168. The molecule has 1 amide bonds. The Balaban J connectivity index is 1.55. The first-order chi connectivity index (χ1) is 12.5. The number of hydrogen-bond acceptors (Lipinski definition) is 6. The summed E-state index contributed by atoms with van der Waals surface area (Å²) in [5.74, 6) is 1.50. The van der Waals surface area contributed by atoms with E-state index in [2.05, 4.69) is 27.1 Å². The van der Waals surface area contributed by atoms with Crippen molar-refractivity contribution in [2.75, 3.05) is 19.6 Å². The van der Waals surface area contributed by atoms with Gasteiger partial charge < -0.3 is 9.42 Å². The summed E-state index contributed by atoms with van der Waals surface area (Å²) in [4.78, 5) is 21.3. The highest BCUT2D eigenvalue weighted by Gasteiger charge is 2.25. The van der Waals surface area contributed by atoms with Crippen molar-refractivity contribution in [1.29, 1.82) is 0 Å². The van der Waals surface area contributed by atoms with Gasteiger partial charge in [-0.2, -0.15) is 10.1 Å². The van der Waals surface area contributed by atoms with Gasteiger partial charge in [0.1, 0.15) is 0 Å². The monoisotopic (exact) mass is 360 g/mol. The van der Waals surface area contributed by atoms with Crippen molar-refractivity contribution in [2.24, 2.45) is 7.05 Å². The molecule has 2 aromatic rings. The van der Waals surface area contributed by atoms with Crippen LogP contribution in [0.15, 0.2) is 16.8 Å². The predicted octanol–water partition coefficient (Wildman–Crippen LogP) is 1.56. The largest absolute Gasteiger partial charge is 0.342 e. The van der Waals surface area contributed by atoms with Crippen molar-refractivity contribution in [2.45, 2.75) is 52.1 Å². The zero-order chi connectivity index (χ0) is 18.5. The Kier molecular flexibility index (Phi) is 6.03. The van der Waals surface area contributed by atoms with E-state index in [0.717, 1.165) is 50.4 Å². The van der Waals surface area contributed by atoms with Gasteiger partial charge in [-0.05, 0) is 31.9 Å². The van der Waals surface area contributed by atoms with Gasteiger partial charge in [-0.1, -0.05) is 12.1 Å². The predicted molar refractivity (Wildman–Crippen MR) is 96.3 cm³/mol. The van der Waals surface area contributed by atoms with Crippen molar-refractivity contribution in [3.8, 4) is 0 Å². The maximum atomic E-state index is 12.6. The van der Waals surface area contributed by atoms with E-state index in [0.29, 0.717) is 24.9 Å². The smallest absolute Gasteiger partial charge is 0.228 e. The molecule has 0 saturated carbocycles. The zero-order valence-corrected chi connectivity index (χ0v) is 15.9.